The summed E-state index contributed by atoms with van der Waals surface area (Å²) in [5.74, 6) is 0.0535. The normalized spacial score (nSPS) is 10.7. The number of hydrogen-bond donors (Lipinski definition) is 0. The second-order valence-electron chi connectivity index (χ2n) is 4.20. The molecule has 104 valence electrons. The topological polar surface area (TPSA) is 112 Å². The van der Waals surface area contributed by atoms with Gasteiger partial charge in [-0.1, -0.05) is 12.1 Å². The summed E-state index contributed by atoms with van der Waals surface area (Å²) in [7, 11) is 0. The zero-order valence-corrected chi connectivity index (χ0v) is 10.4. The van der Waals surface area contributed by atoms with Crippen molar-refractivity contribution in [2.75, 3.05) is 0 Å². The number of aromatic nitrogens is 1. The van der Waals surface area contributed by atoms with Gasteiger partial charge in [-0.2, -0.15) is 0 Å². The molecule has 0 fully saturated rings. The van der Waals surface area contributed by atoms with E-state index in [1.54, 1.807) is 6.07 Å². The Balaban J connectivity index is 2.18. The maximum absolute atomic E-state index is 11.0. The maximum atomic E-state index is 11.0. The molecule has 0 saturated heterocycles. The molecule has 0 radical (unpaired) electrons. The van der Waals surface area contributed by atoms with E-state index < -0.39 is 9.85 Å². The Kier molecular flexibility index (Phi) is 2.83. The highest BCUT2D eigenvalue weighted by Gasteiger charge is 2.20. The zero-order valence-electron chi connectivity index (χ0n) is 10.4. The fourth-order valence-electron chi connectivity index (χ4n) is 1.96. The van der Waals surface area contributed by atoms with Crippen LogP contribution in [0.5, 0.6) is 0 Å². The van der Waals surface area contributed by atoms with Crippen molar-refractivity contribution >= 4 is 22.5 Å². The van der Waals surface area contributed by atoms with Gasteiger partial charge in [-0.05, 0) is 12.1 Å². The van der Waals surface area contributed by atoms with Crippen LogP contribution in [0.25, 0.3) is 22.6 Å². The third-order valence-corrected chi connectivity index (χ3v) is 2.91. The average Bonchev–Trinajstić information content (AvgIpc) is 2.89. The Morgan fingerprint density at radius 1 is 1.00 bits per heavy atom. The summed E-state index contributed by atoms with van der Waals surface area (Å²) in [6.07, 6.45) is 0. The van der Waals surface area contributed by atoms with Crippen molar-refractivity contribution in [3.63, 3.8) is 0 Å². The van der Waals surface area contributed by atoms with Gasteiger partial charge >= 0.3 is 0 Å². The quantitative estimate of drug-likeness (QED) is 0.538. The van der Waals surface area contributed by atoms with Crippen molar-refractivity contribution in [2.24, 2.45) is 0 Å². The number of non-ortho nitro benzene ring substituents is 1. The van der Waals surface area contributed by atoms with Crippen molar-refractivity contribution in [3.05, 3.63) is 62.7 Å². The molecule has 8 heteroatoms. The first-order valence-electron chi connectivity index (χ1n) is 5.85. The Hall–Kier alpha value is -3.29. The Morgan fingerprint density at radius 3 is 2.48 bits per heavy atom. The molecule has 0 bridgehead atoms. The molecule has 21 heavy (non-hydrogen) atoms. The summed E-state index contributed by atoms with van der Waals surface area (Å²) in [4.78, 5) is 24.7. The summed E-state index contributed by atoms with van der Waals surface area (Å²) >= 11 is 0. The molecule has 8 nitrogen and oxygen atoms in total. The first-order chi connectivity index (χ1) is 10.1. The molecule has 2 aromatic carbocycles. The van der Waals surface area contributed by atoms with Gasteiger partial charge in [-0.3, -0.25) is 20.2 Å². The van der Waals surface area contributed by atoms with Crippen molar-refractivity contribution in [3.8, 4) is 11.5 Å². The fourth-order valence-corrected chi connectivity index (χ4v) is 1.96. The van der Waals surface area contributed by atoms with Crippen LogP contribution in [0.3, 0.4) is 0 Å². The van der Waals surface area contributed by atoms with Crippen LogP contribution in [0.4, 0.5) is 11.4 Å². The van der Waals surface area contributed by atoms with Gasteiger partial charge in [0.15, 0.2) is 5.58 Å². The van der Waals surface area contributed by atoms with E-state index in [1.165, 1.54) is 36.4 Å². The molecule has 0 atom stereocenters. The molecule has 0 amide bonds. The van der Waals surface area contributed by atoms with Crippen LogP contribution < -0.4 is 0 Å². The van der Waals surface area contributed by atoms with Gasteiger partial charge in [0.25, 0.3) is 11.4 Å². The van der Waals surface area contributed by atoms with Gasteiger partial charge in [0.1, 0.15) is 11.1 Å². The number of nitro groups is 2. The number of nitrogens with zero attached hydrogens (tertiary/aromatic N) is 3. The van der Waals surface area contributed by atoms with Gasteiger partial charge in [0.2, 0.25) is 5.89 Å². The SMILES string of the molecule is O=[N+]([O-])c1ccc2oc(-c3ccccc3[N+](=O)[O-])nc2c1. The Labute approximate surface area is 116 Å². The summed E-state index contributed by atoms with van der Waals surface area (Å²) in [6, 6.07) is 9.98. The van der Waals surface area contributed by atoms with E-state index >= 15 is 0 Å². The largest absolute Gasteiger partial charge is 0.436 e. The van der Waals surface area contributed by atoms with E-state index in [9.17, 15) is 20.2 Å². The van der Waals surface area contributed by atoms with Crippen LogP contribution in [0.2, 0.25) is 0 Å². The van der Waals surface area contributed by atoms with E-state index in [-0.39, 0.29) is 28.3 Å². The second-order valence-corrected chi connectivity index (χ2v) is 4.20. The minimum Gasteiger partial charge on any atom is -0.436 e. The molecule has 1 heterocycles. The summed E-state index contributed by atoms with van der Waals surface area (Å²) in [5.41, 5.74) is 0.566. The second kappa shape index (κ2) is 4.67. The lowest BCUT2D eigenvalue weighted by atomic mass is 10.2. The van der Waals surface area contributed by atoms with Crippen LogP contribution >= 0.6 is 0 Å². The summed E-state index contributed by atoms with van der Waals surface area (Å²) < 4.78 is 5.44. The van der Waals surface area contributed by atoms with E-state index in [2.05, 4.69) is 4.98 Å². The molecule has 0 unspecified atom stereocenters. The van der Waals surface area contributed by atoms with Crippen LogP contribution in [-0.2, 0) is 0 Å². The van der Waals surface area contributed by atoms with Crippen molar-refractivity contribution < 1.29 is 14.3 Å². The third-order valence-electron chi connectivity index (χ3n) is 2.91. The lowest BCUT2D eigenvalue weighted by Crippen LogP contribution is -1.91. The standard InChI is InChI=1S/C13H7N3O5/c17-15(18)8-5-6-12-10(7-8)14-13(21-12)9-3-1-2-4-11(9)16(19)20/h1-7H. The monoisotopic (exact) mass is 285 g/mol. The van der Waals surface area contributed by atoms with Crippen LogP contribution in [0.15, 0.2) is 46.9 Å². The lowest BCUT2D eigenvalue weighted by molar-refractivity contribution is -0.384. The predicted octanol–water partition coefficient (Wildman–Crippen LogP) is 3.31. The van der Waals surface area contributed by atoms with Gasteiger partial charge in [-0.25, -0.2) is 4.98 Å². The third kappa shape index (κ3) is 2.18. The molecule has 3 rings (SSSR count). The molecule has 1 aromatic heterocycles. The van der Waals surface area contributed by atoms with E-state index in [0.717, 1.165) is 0 Å². The lowest BCUT2D eigenvalue weighted by Gasteiger charge is -1.96. The minimum atomic E-state index is -0.543. The van der Waals surface area contributed by atoms with Crippen molar-refractivity contribution in [2.45, 2.75) is 0 Å². The van der Waals surface area contributed by atoms with Crippen LogP contribution in [0.1, 0.15) is 0 Å². The smallest absolute Gasteiger partial charge is 0.282 e. The molecule has 3 aromatic rings. The first kappa shape index (κ1) is 12.7. The number of fused-ring (bicyclic) bond motifs is 1. The number of benzene rings is 2. The highest BCUT2D eigenvalue weighted by molar-refractivity contribution is 5.80. The molecular formula is C13H7N3O5. The molecule has 0 spiro atoms. The minimum absolute atomic E-state index is 0.0535. The van der Waals surface area contributed by atoms with Crippen molar-refractivity contribution in [1.29, 1.82) is 0 Å². The summed E-state index contributed by atoms with van der Waals surface area (Å²) in [5, 5.41) is 21.7. The van der Waals surface area contributed by atoms with Gasteiger partial charge < -0.3 is 4.42 Å². The van der Waals surface area contributed by atoms with Crippen LogP contribution in [-0.4, -0.2) is 14.8 Å². The van der Waals surface area contributed by atoms with Crippen LogP contribution in [0, 0.1) is 20.2 Å². The highest BCUT2D eigenvalue weighted by Crippen LogP contribution is 2.32. The van der Waals surface area contributed by atoms with Gasteiger partial charge in [0.05, 0.1) is 9.85 Å². The fraction of sp³-hybridized carbons (Fsp3) is 0. The first-order valence-corrected chi connectivity index (χ1v) is 5.85. The number of oxazole rings is 1. The molecule has 0 aliphatic heterocycles. The van der Waals surface area contributed by atoms with E-state index in [4.69, 9.17) is 4.42 Å². The molecule has 0 aliphatic carbocycles. The average molecular weight is 285 g/mol. The molecule has 0 saturated carbocycles. The van der Waals surface area contributed by atoms with E-state index in [0.29, 0.717) is 5.58 Å². The number of rotatable bonds is 3. The molecular weight excluding hydrogens is 278 g/mol. The molecule has 0 aliphatic rings. The van der Waals surface area contributed by atoms with Gasteiger partial charge in [-0.15, -0.1) is 0 Å². The Bertz CT molecular complexity index is 871. The highest BCUT2D eigenvalue weighted by atomic mass is 16.6. The zero-order chi connectivity index (χ0) is 15.0. The van der Waals surface area contributed by atoms with Crippen molar-refractivity contribution in [1.82, 2.24) is 4.98 Å². The van der Waals surface area contributed by atoms with E-state index in [1.807, 2.05) is 0 Å². The number of hydrogen-bond acceptors (Lipinski definition) is 6. The maximum Gasteiger partial charge on any atom is 0.282 e. The Morgan fingerprint density at radius 2 is 1.76 bits per heavy atom. The van der Waals surface area contributed by atoms with Gasteiger partial charge in [0, 0.05) is 18.2 Å². The predicted molar refractivity (Wildman–Crippen MR) is 72.8 cm³/mol. The number of nitro benzene ring substituents is 2. The summed E-state index contributed by atoms with van der Waals surface area (Å²) in [6.45, 7) is 0. The number of para-hydroxylation sites is 1. The molecule has 0 N–H and O–H groups in total.